The largest absolute Gasteiger partial charge is 0.416 e. The second-order valence-corrected chi connectivity index (χ2v) is 4.79. The van der Waals surface area contributed by atoms with E-state index in [1.165, 1.54) is 0 Å². The average molecular weight is 294 g/mol. The molecule has 1 aliphatic rings. The minimum Gasteiger partial charge on any atom is -0.310 e. The third-order valence-electron chi connectivity index (χ3n) is 2.76. The van der Waals surface area contributed by atoms with E-state index in [1.807, 2.05) is 0 Å². The Morgan fingerprint density at radius 2 is 2.06 bits per heavy atom. The van der Waals surface area contributed by atoms with Gasteiger partial charge in [-0.15, -0.1) is 0 Å². The van der Waals surface area contributed by atoms with Gasteiger partial charge in [0.1, 0.15) is 0 Å². The van der Waals surface area contributed by atoms with Gasteiger partial charge in [0.15, 0.2) is 0 Å². The van der Waals surface area contributed by atoms with Crippen LogP contribution >= 0.6 is 15.9 Å². The number of hydrogen-bond donors (Lipinski definition) is 1. The van der Waals surface area contributed by atoms with Gasteiger partial charge in [-0.2, -0.15) is 13.2 Å². The van der Waals surface area contributed by atoms with Crippen LogP contribution in [0.25, 0.3) is 0 Å². The summed E-state index contributed by atoms with van der Waals surface area (Å²) < 4.78 is 39.0. The van der Waals surface area contributed by atoms with E-state index in [-0.39, 0.29) is 6.04 Å². The van der Waals surface area contributed by atoms with E-state index in [9.17, 15) is 13.2 Å². The molecule has 0 radical (unpaired) electrons. The fourth-order valence-corrected chi connectivity index (χ4v) is 2.39. The molecule has 1 aromatic rings. The van der Waals surface area contributed by atoms with Gasteiger partial charge in [0.05, 0.1) is 5.56 Å². The lowest BCUT2D eigenvalue weighted by Crippen LogP contribution is -2.18. The summed E-state index contributed by atoms with van der Waals surface area (Å²) >= 11 is 3.08. The summed E-state index contributed by atoms with van der Waals surface area (Å²) in [7, 11) is 0. The van der Waals surface area contributed by atoms with E-state index in [0.717, 1.165) is 25.5 Å². The maximum Gasteiger partial charge on any atom is 0.416 e. The quantitative estimate of drug-likeness (QED) is 0.828. The highest BCUT2D eigenvalue weighted by molar-refractivity contribution is 9.10. The molecule has 1 aliphatic heterocycles. The number of hydrogen-bond acceptors (Lipinski definition) is 1. The maximum absolute atomic E-state index is 12.8. The molecular weight excluding hydrogens is 283 g/mol. The first-order valence-electron chi connectivity index (χ1n) is 5.08. The van der Waals surface area contributed by atoms with Crippen LogP contribution in [-0.2, 0) is 6.18 Å². The van der Waals surface area contributed by atoms with Gasteiger partial charge in [0.25, 0.3) is 0 Å². The highest BCUT2D eigenvalue weighted by Crippen LogP contribution is 2.38. The van der Waals surface area contributed by atoms with Crippen molar-refractivity contribution in [3.8, 4) is 0 Å². The Bertz CT molecular complexity index is 383. The number of alkyl halides is 3. The lowest BCUT2D eigenvalue weighted by atomic mass is 9.99. The molecule has 1 saturated heterocycles. The molecule has 1 fully saturated rings. The van der Waals surface area contributed by atoms with Crippen LogP contribution in [0.15, 0.2) is 22.7 Å². The van der Waals surface area contributed by atoms with Crippen molar-refractivity contribution >= 4 is 15.9 Å². The van der Waals surface area contributed by atoms with Gasteiger partial charge in [-0.25, -0.2) is 0 Å². The van der Waals surface area contributed by atoms with Crippen LogP contribution in [0.5, 0.6) is 0 Å². The van der Waals surface area contributed by atoms with Crippen LogP contribution in [0.1, 0.15) is 30.0 Å². The molecule has 1 N–H and O–H groups in total. The lowest BCUT2D eigenvalue weighted by molar-refractivity contribution is -0.138. The van der Waals surface area contributed by atoms with Crippen LogP contribution in [0.3, 0.4) is 0 Å². The lowest BCUT2D eigenvalue weighted by Gasteiger charge is -2.18. The predicted octanol–water partition coefficient (Wildman–Crippen LogP) is 3.89. The molecule has 0 spiro atoms. The van der Waals surface area contributed by atoms with Gasteiger partial charge in [0, 0.05) is 10.5 Å². The van der Waals surface area contributed by atoms with Crippen molar-refractivity contribution in [3.63, 3.8) is 0 Å². The second kappa shape index (κ2) is 4.37. The van der Waals surface area contributed by atoms with Crippen molar-refractivity contribution in [1.29, 1.82) is 0 Å². The average Bonchev–Trinajstić information content (AvgIpc) is 2.69. The number of rotatable bonds is 1. The molecule has 16 heavy (non-hydrogen) atoms. The molecule has 88 valence electrons. The third kappa shape index (κ3) is 2.40. The SMILES string of the molecule is FC(F)(F)c1cc(Br)ccc1C1CCCN1. The van der Waals surface area contributed by atoms with Gasteiger partial charge in [-0.1, -0.05) is 22.0 Å². The van der Waals surface area contributed by atoms with E-state index in [2.05, 4.69) is 21.2 Å². The van der Waals surface area contributed by atoms with Crippen molar-refractivity contribution in [2.45, 2.75) is 25.1 Å². The summed E-state index contributed by atoms with van der Waals surface area (Å²) in [5, 5.41) is 3.09. The highest BCUT2D eigenvalue weighted by atomic mass is 79.9. The Kier molecular flexibility index (Phi) is 3.26. The van der Waals surface area contributed by atoms with E-state index < -0.39 is 11.7 Å². The van der Waals surface area contributed by atoms with Gasteiger partial charge in [-0.3, -0.25) is 0 Å². The molecule has 1 heterocycles. The topological polar surface area (TPSA) is 12.0 Å². The Hall–Kier alpha value is -0.550. The van der Waals surface area contributed by atoms with Crippen molar-refractivity contribution in [2.24, 2.45) is 0 Å². The van der Waals surface area contributed by atoms with Crippen molar-refractivity contribution < 1.29 is 13.2 Å². The summed E-state index contributed by atoms with van der Waals surface area (Å²) in [6.07, 6.45) is -2.59. The van der Waals surface area contributed by atoms with Gasteiger partial charge >= 0.3 is 6.18 Å². The second-order valence-electron chi connectivity index (χ2n) is 3.88. The van der Waals surface area contributed by atoms with Crippen LogP contribution in [0, 0.1) is 0 Å². The predicted molar refractivity (Wildman–Crippen MR) is 59.1 cm³/mol. The fraction of sp³-hybridized carbons (Fsp3) is 0.455. The summed E-state index contributed by atoms with van der Waals surface area (Å²) in [6, 6.07) is 4.19. The minimum atomic E-state index is -4.29. The fourth-order valence-electron chi connectivity index (χ4n) is 2.03. The monoisotopic (exact) mass is 293 g/mol. The van der Waals surface area contributed by atoms with E-state index in [0.29, 0.717) is 10.0 Å². The molecule has 5 heteroatoms. The normalized spacial score (nSPS) is 21.4. The summed E-state index contributed by atoms with van der Waals surface area (Å²) in [5.74, 6) is 0. The highest BCUT2D eigenvalue weighted by Gasteiger charge is 2.35. The number of benzene rings is 1. The minimum absolute atomic E-state index is 0.162. The molecule has 0 saturated carbocycles. The van der Waals surface area contributed by atoms with E-state index >= 15 is 0 Å². The Labute approximate surface area is 100 Å². The van der Waals surface area contributed by atoms with Gasteiger partial charge in [-0.05, 0) is 37.1 Å². The molecule has 1 nitrogen and oxygen atoms in total. The molecule has 0 aromatic heterocycles. The number of nitrogens with one attached hydrogen (secondary N) is 1. The molecular formula is C11H11BrF3N. The molecule has 2 rings (SSSR count). The first-order valence-corrected chi connectivity index (χ1v) is 5.88. The Morgan fingerprint density at radius 3 is 2.62 bits per heavy atom. The van der Waals surface area contributed by atoms with Crippen LogP contribution < -0.4 is 5.32 Å². The van der Waals surface area contributed by atoms with Crippen molar-refractivity contribution in [2.75, 3.05) is 6.54 Å². The molecule has 0 amide bonds. The number of halogens is 4. The molecule has 1 atom stereocenters. The molecule has 1 aromatic carbocycles. The molecule has 0 bridgehead atoms. The summed E-state index contributed by atoms with van der Waals surface area (Å²) in [4.78, 5) is 0. The first kappa shape index (κ1) is 11.9. The zero-order valence-corrected chi connectivity index (χ0v) is 10.0. The zero-order valence-electron chi connectivity index (χ0n) is 8.44. The maximum atomic E-state index is 12.8. The van der Waals surface area contributed by atoms with Crippen molar-refractivity contribution in [3.05, 3.63) is 33.8 Å². The molecule has 1 unspecified atom stereocenters. The summed E-state index contributed by atoms with van der Waals surface area (Å²) in [6.45, 7) is 0.790. The Morgan fingerprint density at radius 1 is 1.31 bits per heavy atom. The van der Waals surface area contributed by atoms with E-state index in [4.69, 9.17) is 0 Å². The van der Waals surface area contributed by atoms with Crippen LogP contribution in [0.4, 0.5) is 13.2 Å². The standard InChI is InChI=1S/C11H11BrF3N/c12-7-3-4-8(10-2-1-5-16-10)9(6-7)11(13,14)15/h3-4,6,10,16H,1-2,5H2. The van der Waals surface area contributed by atoms with E-state index in [1.54, 1.807) is 12.1 Å². The van der Waals surface area contributed by atoms with Crippen LogP contribution in [0.2, 0.25) is 0 Å². The first-order chi connectivity index (χ1) is 7.48. The molecule has 0 aliphatic carbocycles. The zero-order chi connectivity index (χ0) is 11.8. The van der Waals surface area contributed by atoms with Crippen LogP contribution in [-0.4, -0.2) is 6.54 Å². The summed E-state index contributed by atoms with van der Waals surface area (Å²) in [5.41, 5.74) is -0.186. The smallest absolute Gasteiger partial charge is 0.310 e. The third-order valence-corrected chi connectivity index (χ3v) is 3.25. The Balaban J connectivity index is 2.43. The van der Waals surface area contributed by atoms with Crippen molar-refractivity contribution in [1.82, 2.24) is 5.32 Å². The van der Waals surface area contributed by atoms with Gasteiger partial charge in [0.2, 0.25) is 0 Å². The van der Waals surface area contributed by atoms with Gasteiger partial charge < -0.3 is 5.32 Å².